The van der Waals surface area contributed by atoms with E-state index >= 15 is 0 Å². The summed E-state index contributed by atoms with van der Waals surface area (Å²) in [4.78, 5) is 0.141. The van der Waals surface area contributed by atoms with Gasteiger partial charge in [0.15, 0.2) is 0 Å². The van der Waals surface area contributed by atoms with Crippen LogP contribution in [0.1, 0.15) is 5.56 Å². The van der Waals surface area contributed by atoms with Gasteiger partial charge in [-0.1, -0.05) is 11.6 Å². The van der Waals surface area contributed by atoms with Crippen LogP contribution in [0.4, 0.5) is 0 Å². The zero-order chi connectivity index (χ0) is 11.5. The van der Waals surface area contributed by atoms with E-state index in [0.717, 1.165) is 0 Å². The van der Waals surface area contributed by atoms with E-state index < -0.39 is 10.0 Å². The lowest BCUT2D eigenvalue weighted by Gasteiger charge is -2.06. The van der Waals surface area contributed by atoms with Gasteiger partial charge in [0.25, 0.3) is 0 Å². The topological polar surface area (TPSA) is 70.0 Å². The lowest BCUT2D eigenvalue weighted by Crippen LogP contribution is -2.24. The fourth-order valence-corrected chi connectivity index (χ4v) is 2.49. The Kier molecular flexibility index (Phi) is 3.69. The van der Waals surface area contributed by atoms with Crippen LogP contribution in [0.3, 0.4) is 0 Å². The number of sulfonamides is 1. The molecule has 0 saturated carbocycles. The first-order valence-corrected chi connectivity index (χ1v) is 5.96. The van der Waals surface area contributed by atoms with Crippen LogP contribution in [-0.4, -0.2) is 15.0 Å². The summed E-state index contributed by atoms with van der Waals surface area (Å²) in [6.07, 6.45) is 0. The van der Waals surface area contributed by atoms with Crippen LogP contribution in [0.5, 0.6) is 0 Å². The normalized spacial score (nSPS) is 11.0. The number of hydrogen-bond acceptors (Lipinski definition) is 3. The van der Waals surface area contributed by atoms with E-state index in [2.05, 4.69) is 4.72 Å². The van der Waals surface area contributed by atoms with Gasteiger partial charge >= 0.3 is 0 Å². The molecule has 0 saturated heterocycles. The average Bonchev–Trinajstić information content (AvgIpc) is 2.14. The summed E-state index contributed by atoms with van der Waals surface area (Å²) in [5.74, 6) is 0. The molecule has 0 heterocycles. The zero-order valence-corrected chi connectivity index (χ0v) is 9.56. The van der Waals surface area contributed by atoms with Crippen LogP contribution >= 0.6 is 11.6 Å². The molecule has 0 bridgehead atoms. The Balaban J connectivity index is 3.12. The summed E-state index contributed by atoms with van der Waals surface area (Å²) in [5, 5.41) is 8.77. The van der Waals surface area contributed by atoms with E-state index in [9.17, 15) is 8.42 Å². The van der Waals surface area contributed by atoms with Crippen molar-refractivity contribution in [3.8, 4) is 6.07 Å². The SMILES string of the molecule is Cc1cc(Cl)ccc1S(=O)(=O)NCC#N. The Hall–Kier alpha value is -1.09. The molecule has 1 aromatic rings. The van der Waals surface area contributed by atoms with Gasteiger partial charge in [-0.05, 0) is 30.7 Å². The fraction of sp³-hybridized carbons (Fsp3) is 0.222. The van der Waals surface area contributed by atoms with Crippen molar-refractivity contribution in [1.82, 2.24) is 4.72 Å². The number of benzene rings is 1. The highest BCUT2D eigenvalue weighted by atomic mass is 35.5. The minimum Gasteiger partial charge on any atom is -0.207 e. The summed E-state index contributed by atoms with van der Waals surface area (Å²) in [7, 11) is -3.60. The van der Waals surface area contributed by atoms with Crippen molar-refractivity contribution in [1.29, 1.82) is 5.26 Å². The number of halogens is 1. The molecule has 80 valence electrons. The van der Waals surface area contributed by atoms with Gasteiger partial charge in [0.1, 0.15) is 0 Å². The third kappa shape index (κ3) is 2.93. The minimum atomic E-state index is -3.60. The predicted octanol–water partition coefficient (Wildman–Crippen LogP) is 1.45. The molecule has 0 aliphatic rings. The second kappa shape index (κ2) is 4.62. The summed E-state index contributed by atoms with van der Waals surface area (Å²) < 4.78 is 25.4. The molecule has 1 aromatic carbocycles. The maximum atomic E-state index is 11.6. The summed E-state index contributed by atoms with van der Waals surface area (Å²) in [6.45, 7) is 1.40. The third-order valence-electron chi connectivity index (χ3n) is 1.77. The van der Waals surface area contributed by atoms with Gasteiger partial charge in [-0.15, -0.1) is 0 Å². The largest absolute Gasteiger partial charge is 0.241 e. The van der Waals surface area contributed by atoms with E-state index in [0.29, 0.717) is 10.6 Å². The molecule has 15 heavy (non-hydrogen) atoms. The zero-order valence-electron chi connectivity index (χ0n) is 7.99. The second-order valence-corrected chi connectivity index (χ2v) is 5.06. The highest BCUT2D eigenvalue weighted by molar-refractivity contribution is 7.89. The first-order valence-electron chi connectivity index (χ1n) is 4.10. The van der Waals surface area contributed by atoms with E-state index in [1.54, 1.807) is 19.1 Å². The Morgan fingerprint density at radius 1 is 1.53 bits per heavy atom. The Morgan fingerprint density at radius 3 is 2.73 bits per heavy atom. The monoisotopic (exact) mass is 244 g/mol. The molecule has 1 rings (SSSR count). The molecule has 0 aliphatic carbocycles. The van der Waals surface area contributed by atoms with Crippen LogP contribution in [0, 0.1) is 18.3 Å². The Morgan fingerprint density at radius 2 is 2.20 bits per heavy atom. The molecule has 6 heteroatoms. The molecule has 0 aromatic heterocycles. The molecule has 0 aliphatic heterocycles. The Bertz CT molecular complexity index is 505. The van der Waals surface area contributed by atoms with Gasteiger partial charge in [-0.2, -0.15) is 9.98 Å². The van der Waals surface area contributed by atoms with Crippen molar-refractivity contribution in [2.75, 3.05) is 6.54 Å². The standard InChI is InChI=1S/C9H9ClN2O2S/c1-7-6-8(10)2-3-9(7)15(13,14)12-5-4-11/h2-3,6,12H,5H2,1H3. The molecule has 4 nitrogen and oxygen atoms in total. The van der Waals surface area contributed by atoms with Gasteiger partial charge in [0.2, 0.25) is 10.0 Å². The first-order chi connectivity index (χ1) is 6.97. The van der Waals surface area contributed by atoms with Crippen molar-refractivity contribution in [3.05, 3.63) is 28.8 Å². The number of aryl methyl sites for hydroxylation is 1. The maximum absolute atomic E-state index is 11.6. The lowest BCUT2D eigenvalue weighted by molar-refractivity contribution is 0.585. The van der Waals surface area contributed by atoms with Crippen LogP contribution in [0.25, 0.3) is 0 Å². The number of nitrogens with zero attached hydrogens (tertiary/aromatic N) is 1. The Labute approximate surface area is 93.5 Å². The highest BCUT2D eigenvalue weighted by Gasteiger charge is 2.15. The molecular formula is C9H9ClN2O2S. The summed E-state index contributed by atoms with van der Waals surface area (Å²) in [5.41, 5.74) is 0.549. The van der Waals surface area contributed by atoms with Crippen LogP contribution < -0.4 is 4.72 Å². The molecule has 0 fully saturated rings. The molecule has 1 N–H and O–H groups in total. The molecular weight excluding hydrogens is 236 g/mol. The molecule has 0 unspecified atom stereocenters. The summed E-state index contributed by atoms with van der Waals surface area (Å²) in [6, 6.07) is 6.18. The van der Waals surface area contributed by atoms with Gasteiger partial charge in [0.05, 0.1) is 17.5 Å². The van der Waals surface area contributed by atoms with E-state index in [4.69, 9.17) is 16.9 Å². The maximum Gasteiger partial charge on any atom is 0.241 e. The van der Waals surface area contributed by atoms with E-state index in [1.165, 1.54) is 12.1 Å². The van der Waals surface area contributed by atoms with Crippen LogP contribution in [0.15, 0.2) is 23.1 Å². The average molecular weight is 245 g/mol. The van der Waals surface area contributed by atoms with Crippen LogP contribution in [0.2, 0.25) is 5.02 Å². The smallest absolute Gasteiger partial charge is 0.207 e. The highest BCUT2D eigenvalue weighted by Crippen LogP contribution is 2.19. The van der Waals surface area contributed by atoms with Gasteiger partial charge in [-0.3, -0.25) is 0 Å². The minimum absolute atomic E-state index is 0.141. The van der Waals surface area contributed by atoms with Gasteiger partial charge in [-0.25, -0.2) is 8.42 Å². The fourth-order valence-electron chi connectivity index (χ4n) is 1.12. The number of rotatable bonds is 3. The second-order valence-electron chi connectivity index (χ2n) is 2.89. The number of nitrogens with one attached hydrogen (secondary N) is 1. The third-order valence-corrected chi connectivity index (χ3v) is 3.56. The number of nitriles is 1. The molecule has 0 spiro atoms. The first kappa shape index (κ1) is 12.0. The van der Waals surface area contributed by atoms with Crippen molar-refractivity contribution in [2.24, 2.45) is 0 Å². The van der Waals surface area contributed by atoms with Crippen molar-refractivity contribution in [3.63, 3.8) is 0 Å². The van der Waals surface area contributed by atoms with Gasteiger partial charge < -0.3 is 0 Å². The van der Waals surface area contributed by atoms with Crippen molar-refractivity contribution < 1.29 is 8.42 Å². The molecule has 0 amide bonds. The molecule has 0 atom stereocenters. The quantitative estimate of drug-likeness (QED) is 0.819. The lowest BCUT2D eigenvalue weighted by atomic mass is 10.2. The summed E-state index contributed by atoms with van der Waals surface area (Å²) >= 11 is 5.70. The van der Waals surface area contributed by atoms with Crippen LogP contribution in [-0.2, 0) is 10.0 Å². The van der Waals surface area contributed by atoms with E-state index in [-0.39, 0.29) is 11.4 Å². The van der Waals surface area contributed by atoms with Crippen molar-refractivity contribution >= 4 is 21.6 Å². The van der Waals surface area contributed by atoms with E-state index in [1.807, 2.05) is 0 Å². The molecule has 0 radical (unpaired) electrons. The van der Waals surface area contributed by atoms with Crippen molar-refractivity contribution in [2.45, 2.75) is 11.8 Å². The van der Waals surface area contributed by atoms with Gasteiger partial charge in [0, 0.05) is 5.02 Å². The predicted molar refractivity (Wildman–Crippen MR) is 57.0 cm³/mol. The number of hydrogen-bond donors (Lipinski definition) is 1.